The number of rotatable bonds is 6. The average molecular weight is 352 g/mol. The van der Waals surface area contributed by atoms with E-state index in [9.17, 15) is 13.2 Å². The van der Waals surface area contributed by atoms with Crippen molar-refractivity contribution in [3.8, 4) is 5.88 Å². The Kier molecular flexibility index (Phi) is 4.68. The van der Waals surface area contributed by atoms with Crippen molar-refractivity contribution >= 4 is 17.0 Å². The quantitative estimate of drug-likeness (QED) is 0.708. The first-order valence-corrected chi connectivity index (χ1v) is 7.57. The fourth-order valence-corrected chi connectivity index (χ4v) is 2.08. The third kappa shape index (κ3) is 3.95. The van der Waals surface area contributed by atoms with Crippen LogP contribution in [0, 0.1) is 0 Å². The summed E-state index contributed by atoms with van der Waals surface area (Å²) >= 11 is 0. The topological polar surface area (TPSA) is 88.6 Å². The molecule has 0 saturated heterocycles. The van der Waals surface area contributed by atoms with Gasteiger partial charge in [0.1, 0.15) is 5.52 Å². The minimum absolute atomic E-state index is 0.0288. The number of nitrogens with one attached hydrogen (secondary N) is 2. The number of aromatic nitrogens is 5. The Morgan fingerprint density at radius 1 is 1.20 bits per heavy atom. The minimum atomic E-state index is -4.65. The summed E-state index contributed by atoms with van der Waals surface area (Å²) in [4.78, 5) is 17.6. The Morgan fingerprint density at radius 3 is 2.72 bits per heavy atom. The minimum Gasteiger partial charge on any atom is -0.478 e. The molecule has 0 atom stereocenters. The van der Waals surface area contributed by atoms with Crippen molar-refractivity contribution in [1.82, 2.24) is 24.9 Å². The van der Waals surface area contributed by atoms with E-state index < -0.39 is 12.0 Å². The predicted octanol–water partition coefficient (Wildman–Crippen LogP) is 3.17. The van der Waals surface area contributed by atoms with E-state index in [0.29, 0.717) is 18.0 Å². The van der Waals surface area contributed by atoms with Gasteiger partial charge in [-0.25, -0.2) is 19.9 Å². The van der Waals surface area contributed by atoms with Crippen LogP contribution in [-0.4, -0.2) is 31.5 Å². The zero-order valence-corrected chi connectivity index (χ0v) is 13.3. The Bertz CT molecular complexity index is 847. The largest absolute Gasteiger partial charge is 0.478 e. The van der Waals surface area contributed by atoms with Crippen LogP contribution in [0.3, 0.4) is 0 Å². The molecule has 0 amide bonds. The van der Waals surface area contributed by atoms with Crippen molar-refractivity contribution < 1.29 is 17.9 Å². The van der Waals surface area contributed by atoms with Crippen LogP contribution in [0.2, 0.25) is 0 Å². The van der Waals surface area contributed by atoms with Crippen LogP contribution in [0.4, 0.5) is 19.0 Å². The summed E-state index contributed by atoms with van der Waals surface area (Å²) in [7, 11) is 0. The fourth-order valence-electron chi connectivity index (χ4n) is 2.08. The normalized spacial score (nSPS) is 11.7. The summed E-state index contributed by atoms with van der Waals surface area (Å²) in [6.07, 6.45) is -0.913. The lowest BCUT2D eigenvalue weighted by Gasteiger charge is -2.10. The van der Waals surface area contributed by atoms with Gasteiger partial charge in [0, 0.05) is 18.8 Å². The zero-order chi connectivity index (χ0) is 17.9. The number of H-pyrrole nitrogens is 1. The third-order valence-electron chi connectivity index (χ3n) is 3.25. The molecule has 0 aliphatic heterocycles. The molecular formula is C15H15F3N6O. The van der Waals surface area contributed by atoms with Crippen LogP contribution in [0.5, 0.6) is 5.88 Å². The second-order valence-corrected chi connectivity index (χ2v) is 5.20. The molecule has 2 N–H and O–H groups in total. The summed E-state index contributed by atoms with van der Waals surface area (Å²) in [6.45, 7) is 2.80. The molecule has 0 aliphatic carbocycles. The number of alkyl halides is 3. The van der Waals surface area contributed by atoms with Gasteiger partial charge in [0.2, 0.25) is 11.7 Å². The van der Waals surface area contributed by atoms with E-state index in [2.05, 4.69) is 30.2 Å². The van der Waals surface area contributed by atoms with Gasteiger partial charge in [-0.2, -0.15) is 13.2 Å². The maximum Gasteiger partial charge on any atom is 0.451 e. The van der Waals surface area contributed by atoms with Gasteiger partial charge in [0.05, 0.1) is 12.9 Å². The summed E-state index contributed by atoms with van der Waals surface area (Å²) in [5, 5.41) is 2.86. The molecule has 0 saturated carbocycles. The highest BCUT2D eigenvalue weighted by atomic mass is 19.4. The summed E-state index contributed by atoms with van der Waals surface area (Å²) in [5.41, 5.74) is 1.03. The molecule has 3 heterocycles. The van der Waals surface area contributed by atoms with Crippen molar-refractivity contribution in [2.45, 2.75) is 26.1 Å². The number of hydrogen-bond donors (Lipinski definition) is 2. The standard InChI is InChI=1S/C15H15F3N6O/c1-2-5-25-10-4-3-9(6-19-10)7-20-12-11-13(22-8-21-11)24-14(23-12)15(16,17)18/h3-4,6,8H,2,5,7H2,1H3,(H2,20,21,22,23,24). The van der Waals surface area contributed by atoms with Gasteiger partial charge < -0.3 is 15.0 Å². The monoisotopic (exact) mass is 352 g/mol. The fraction of sp³-hybridized carbons (Fsp3) is 0.333. The lowest BCUT2D eigenvalue weighted by atomic mass is 10.3. The van der Waals surface area contributed by atoms with E-state index in [1.54, 1.807) is 18.3 Å². The number of halogens is 3. The first-order chi connectivity index (χ1) is 12.0. The Hall–Kier alpha value is -2.91. The zero-order valence-electron chi connectivity index (χ0n) is 13.3. The second-order valence-electron chi connectivity index (χ2n) is 5.20. The van der Waals surface area contributed by atoms with Gasteiger partial charge in [-0.3, -0.25) is 0 Å². The van der Waals surface area contributed by atoms with E-state index in [4.69, 9.17) is 4.74 Å². The molecular weight excluding hydrogens is 337 g/mol. The molecule has 0 spiro atoms. The molecule has 0 bridgehead atoms. The number of fused-ring (bicyclic) bond motifs is 1. The molecule has 3 aromatic rings. The van der Waals surface area contributed by atoms with Crippen LogP contribution in [0.25, 0.3) is 11.2 Å². The van der Waals surface area contributed by atoms with E-state index in [1.165, 1.54) is 6.33 Å². The van der Waals surface area contributed by atoms with Gasteiger partial charge in [0.25, 0.3) is 0 Å². The Balaban J connectivity index is 1.77. The smallest absolute Gasteiger partial charge is 0.451 e. The van der Waals surface area contributed by atoms with Crippen molar-refractivity contribution in [2.75, 3.05) is 11.9 Å². The Morgan fingerprint density at radius 2 is 2.04 bits per heavy atom. The van der Waals surface area contributed by atoms with Crippen LogP contribution in [0.15, 0.2) is 24.7 Å². The maximum atomic E-state index is 12.9. The molecule has 0 fully saturated rings. The first kappa shape index (κ1) is 16.9. The molecule has 132 valence electrons. The highest BCUT2D eigenvalue weighted by Gasteiger charge is 2.36. The molecule has 0 radical (unpaired) electrons. The summed E-state index contributed by atoms with van der Waals surface area (Å²) in [6, 6.07) is 3.49. The van der Waals surface area contributed by atoms with E-state index in [1.807, 2.05) is 6.92 Å². The van der Waals surface area contributed by atoms with E-state index >= 15 is 0 Å². The van der Waals surface area contributed by atoms with Gasteiger partial charge in [-0.05, 0) is 12.0 Å². The lowest BCUT2D eigenvalue weighted by Crippen LogP contribution is -2.13. The molecule has 3 rings (SSSR count). The number of pyridine rings is 1. The van der Waals surface area contributed by atoms with Gasteiger partial charge in [0.15, 0.2) is 11.5 Å². The molecule has 0 unspecified atom stereocenters. The van der Waals surface area contributed by atoms with Gasteiger partial charge in [-0.15, -0.1) is 0 Å². The van der Waals surface area contributed by atoms with Crippen LogP contribution >= 0.6 is 0 Å². The highest BCUT2D eigenvalue weighted by molar-refractivity contribution is 5.82. The molecule has 0 aliphatic rings. The maximum absolute atomic E-state index is 12.9. The SMILES string of the molecule is CCCOc1ccc(CNc2nc(C(F)(F)F)nc3nc[nH]c23)cn1. The number of aromatic amines is 1. The second kappa shape index (κ2) is 6.91. The number of ether oxygens (including phenoxy) is 1. The number of anilines is 1. The first-order valence-electron chi connectivity index (χ1n) is 7.57. The highest BCUT2D eigenvalue weighted by Crippen LogP contribution is 2.29. The van der Waals surface area contributed by atoms with Crippen LogP contribution < -0.4 is 10.1 Å². The van der Waals surface area contributed by atoms with Crippen molar-refractivity contribution in [2.24, 2.45) is 0 Å². The summed E-state index contributed by atoms with van der Waals surface area (Å²) < 4.78 is 44.1. The van der Waals surface area contributed by atoms with E-state index in [0.717, 1.165) is 12.0 Å². The third-order valence-corrected chi connectivity index (χ3v) is 3.25. The Labute approximate surface area is 140 Å². The molecule has 7 nitrogen and oxygen atoms in total. The van der Waals surface area contributed by atoms with Crippen molar-refractivity contribution in [1.29, 1.82) is 0 Å². The lowest BCUT2D eigenvalue weighted by molar-refractivity contribution is -0.144. The van der Waals surface area contributed by atoms with Crippen LogP contribution in [0.1, 0.15) is 24.7 Å². The van der Waals surface area contributed by atoms with Crippen molar-refractivity contribution in [3.63, 3.8) is 0 Å². The number of nitrogens with zero attached hydrogens (tertiary/aromatic N) is 4. The molecule has 0 aromatic carbocycles. The van der Waals surface area contributed by atoms with Crippen molar-refractivity contribution in [3.05, 3.63) is 36.0 Å². The van der Waals surface area contributed by atoms with Crippen LogP contribution in [-0.2, 0) is 12.7 Å². The molecule has 3 aromatic heterocycles. The summed E-state index contributed by atoms with van der Waals surface area (Å²) in [5.74, 6) is -0.708. The number of imidazole rings is 1. The number of hydrogen-bond acceptors (Lipinski definition) is 6. The van der Waals surface area contributed by atoms with E-state index in [-0.39, 0.29) is 18.0 Å². The predicted molar refractivity (Wildman–Crippen MR) is 84.0 cm³/mol. The average Bonchev–Trinajstić information content (AvgIpc) is 3.06. The van der Waals surface area contributed by atoms with Gasteiger partial charge in [-0.1, -0.05) is 13.0 Å². The molecule has 10 heteroatoms. The molecule has 25 heavy (non-hydrogen) atoms. The van der Waals surface area contributed by atoms with Gasteiger partial charge >= 0.3 is 6.18 Å².